The van der Waals surface area contributed by atoms with E-state index in [2.05, 4.69) is 33.9 Å². The summed E-state index contributed by atoms with van der Waals surface area (Å²) < 4.78 is 8.92. The highest BCUT2D eigenvalue weighted by molar-refractivity contribution is 7.94. The minimum Gasteiger partial charge on any atom is -0.702 e. The van der Waals surface area contributed by atoms with E-state index in [-0.39, 0.29) is 0 Å². The van der Waals surface area contributed by atoms with Crippen molar-refractivity contribution in [1.29, 1.82) is 0 Å². The van der Waals surface area contributed by atoms with Gasteiger partial charge in [-0.3, -0.25) is 0 Å². The SMILES string of the molecule is Cc1n(C)nc([S-])[n+]1-c1cccc(NOOSc2cccc(NC3CN(C)C3)c2)c1. The van der Waals surface area contributed by atoms with Gasteiger partial charge in [-0.2, -0.15) is 0 Å². The highest BCUT2D eigenvalue weighted by Crippen LogP contribution is 2.24. The van der Waals surface area contributed by atoms with Crippen molar-refractivity contribution in [3.05, 3.63) is 54.4 Å². The lowest BCUT2D eigenvalue weighted by Gasteiger charge is -2.37. The zero-order valence-electron chi connectivity index (χ0n) is 17.0. The quantitative estimate of drug-likeness (QED) is 0.137. The maximum atomic E-state index is 5.34. The van der Waals surface area contributed by atoms with Gasteiger partial charge in [-0.15, -0.1) is 14.0 Å². The van der Waals surface area contributed by atoms with Gasteiger partial charge in [0.25, 0.3) is 0 Å². The van der Waals surface area contributed by atoms with E-state index in [0.717, 1.165) is 52.9 Å². The summed E-state index contributed by atoms with van der Waals surface area (Å²) in [7, 11) is 3.98. The molecule has 0 atom stereocenters. The van der Waals surface area contributed by atoms with Gasteiger partial charge in [0.1, 0.15) is 5.69 Å². The first-order valence-corrected chi connectivity index (χ1v) is 10.7. The van der Waals surface area contributed by atoms with Crippen LogP contribution in [0.1, 0.15) is 5.82 Å². The van der Waals surface area contributed by atoms with Crippen molar-refractivity contribution in [2.45, 2.75) is 23.0 Å². The molecule has 0 amide bonds. The molecule has 158 valence electrons. The maximum absolute atomic E-state index is 5.34. The monoisotopic (exact) mass is 444 g/mol. The van der Waals surface area contributed by atoms with Crippen LogP contribution in [0, 0.1) is 6.92 Å². The van der Waals surface area contributed by atoms with Crippen LogP contribution < -0.4 is 15.4 Å². The Balaban J connectivity index is 1.30. The molecule has 0 aliphatic carbocycles. The fourth-order valence-electron chi connectivity index (χ4n) is 3.32. The third-order valence-corrected chi connectivity index (χ3v) is 5.76. The molecular weight excluding hydrogens is 420 g/mol. The van der Waals surface area contributed by atoms with E-state index >= 15 is 0 Å². The van der Waals surface area contributed by atoms with E-state index in [1.807, 2.05) is 61.0 Å². The van der Waals surface area contributed by atoms with Gasteiger partial charge in [0.15, 0.2) is 5.16 Å². The predicted molar refractivity (Wildman–Crippen MR) is 118 cm³/mol. The van der Waals surface area contributed by atoms with Crippen LogP contribution in [0.5, 0.6) is 0 Å². The molecule has 8 nitrogen and oxygen atoms in total. The van der Waals surface area contributed by atoms with Crippen LogP contribution in [0.3, 0.4) is 0 Å². The topological polar surface area (TPSA) is 67.5 Å². The Morgan fingerprint density at radius 1 is 1.13 bits per heavy atom. The third kappa shape index (κ3) is 4.85. The third-order valence-electron chi connectivity index (χ3n) is 4.92. The maximum Gasteiger partial charge on any atom is 0.236 e. The molecule has 30 heavy (non-hydrogen) atoms. The molecule has 0 unspecified atom stereocenters. The summed E-state index contributed by atoms with van der Waals surface area (Å²) in [6.45, 7) is 4.08. The lowest BCUT2D eigenvalue weighted by Crippen LogP contribution is -2.52. The Hall–Kier alpha value is -2.37. The molecule has 2 N–H and O–H groups in total. The lowest BCUT2D eigenvalue weighted by atomic mass is 10.1. The number of aryl methyl sites for hydroxylation is 1. The number of likely N-dealkylation sites (tertiary alicyclic amines) is 1. The van der Waals surface area contributed by atoms with Crippen molar-refractivity contribution in [2.75, 3.05) is 30.9 Å². The van der Waals surface area contributed by atoms with Crippen molar-refractivity contribution in [1.82, 2.24) is 14.7 Å². The van der Waals surface area contributed by atoms with E-state index in [1.54, 1.807) is 4.68 Å². The van der Waals surface area contributed by atoms with Crippen molar-refractivity contribution in [2.24, 2.45) is 7.05 Å². The molecule has 0 spiro atoms. The molecule has 2 heterocycles. The van der Waals surface area contributed by atoms with E-state index < -0.39 is 0 Å². The van der Waals surface area contributed by atoms with Crippen LogP contribution in [-0.2, 0) is 29.0 Å². The van der Waals surface area contributed by atoms with E-state index in [9.17, 15) is 0 Å². The highest BCUT2D eigenvalue weighted by atomic mass is 32.2. The van der Waals surface area contributed by atoms with Crippen LogP contribution in [-0.4, -0.2) is 40.9 Å². The van der Waals surface area contributed by atoms with Gasteiger partial charge in [0.05, 0.1) is 30.8 Å². The van der Waals surface area contributed by atoms with Crippen molar-refractivity contribution < 1.29 is 13.9 Å². The van der Waals surface area contributed by atoms with Gasteiger partial charge in [0, 0.05) is 41.8 Å². The van der Waals surface area contributed by atoms with Crippen LogP contribution in [0.2, 0.25) is 0 Å². The molecule has 4 rings (SSSR count). The van der Waals surface area contributed by atoms with Gasteiger partial charge < -0.3 is 22.8 Å². The van der Waals surface area contributed by atoms with Gasteiger partial charge in [-0.25, -0.2) is 10.0 Å². The minimum absolute atomic E-state index is 0.498. The molecule has 1 fully saturated rings. The number of rotatable bonds is 8. The Morgan fingerprint density at radius 3 is 2.63 bits per heavy atom. The van der Waals surface area contributed by atoms with E-state index in [0.29, 0.717) is 11.2 Å². The van der Waals surface area contributed by atoms with Crippen LogP contribution in [0.15, 0.2) is 58.6 Å². The summed E-state index contributed by atoms with van der Waals surface area (Å²) >= 11 is 6.49. The number of anilines is 2. The number of hydrogen-bond acceptors (Lipinski definition) is 8. The van der Waals surface area contributed by atoms with Crippen LogP contribution in [0.25, 0.3) is 5.69 Å². The number of benzene rings is 2. The number of nitrogens with one attached hydrogen (secondary N) is 2. The van der Waals surface area contributed by atoms with Crippen LogP contribution in [0.4, 0.5) is 11.4 Å². The second-order valence-corrected chi connectivity index (χ2v) is 8.41. The molecule has 3 aromatic rings. The molecule has 0 radical (unpaired) electrons. The summed E-state index contributed by atoms with van der Waals surface area (Å²) in [5.41, 5.74) is 5.51. The Morgan fingerprint density at radius 2 is 1.90 bits per heavy atom. The van der Waals surface area contributed by atoms with Crippen molar-refractivity contribution >= 4 is 36.0 Å². The summed E-state index contributed by atoms with van der Waals surface area (Å²) in [6, 6.07) is 16.2. The molecule has 1 aliphatic rings. The summed E-state index contributed by atoms with van der Waals surface area (Å²) in [5, 5.41) is 8.29. The fourth-order valence-corrected chi connectivity index (χ4v) is 4.14. The first kappa shape index (κ1) is 20.9. The molecular formula is C20H24N6O2S2. The van der Waals surface area contributed by atoms with Gasteiger partial charge in [-0.1, -0.05) is 12.1 Å². The van der Waals surface area contributed by atoms with E-state index in [4.69, 9.17) is 22.0 Å². The minimum atomic E-state index is 0.498. The molecule has 0 saturated carbocycles. The zero-order chi connectivity index (χ0) is 21.1. The van der Waals surface area contributed by atoms with Crippen molar-refractivity contribution in [3.63, 3.8) is 0 Å². The predicted octanol–water partition coefficient (Wildman–Crippen LogP) is 2.62. The Bertz CT molecular complexity index is 1020. The molecule has 10 heteroatoms. The molecule has 1 aliphatic heterocycles. The Kier molecular flexibility index (Phi) is 6.40. The average molecular weight is 445 g/mol. The largest absolute Gasteiger partial charge is 0.702 e. The number of aromatic nitrogens is 3. The van der Waals surface area contributed by atoms with Crippen molar-refractivity contribution in [3.8, 4) is 5.69 Å². The van der Waals surface area contributed by atoms with Gasteiger partial charge >= 0.3 is 0 Å². The zero-order valence-corrected chi connectivity index (χ0v) is 18.7. The van der Waals surface area contributed by atoms with Crippen LogP contribution >= 0.6 is 12.0 Å². The van der Waals surface area contributed by atoms with Gasteiger partial charge in [0.2, 0.25) is 5.82 Å². The number of nitrogens with zero attached hydrogens (tertiary/aromatic N) is 4. The smallest absolute Gasteiger partial charge is 0.236 e. The first-order valence-electron chi connectivity index (χ1n) is 9.54. The number of hydrogen-bond donors (Lipinski definition) is 2. The number of likely N-dealkylation sites (N-methyl/N-ethyl adjacent to an activating group) is 1. The summed E-state index contributed by atoms with van der Waals surface area (Å²) in [6.07, 6.45) is 0. The molecule has 1 aromatic heterocycles. The highest BCUT2D eigenvalue weighted by Gasteiger charge is 2.22. The van der Waals surface area contributed by atoms with E-state index in [1.165, 1.54) is 0 Å². The standard InChI is InChI=1S/C20H24N6O2S2/c1-14-25(3)22-20(29)26(14)18-8-4-7-16(10-18)23-27-28-30-19-9-5-6-15(11-19)21-17-12-24(2)13-17/h4-11,17,21,23H,12-13H2,1-3H3. The lowest BCUT2D eigenvalue weighted by molar-refractivity contribution is -0.643. The second-order valence-electron chi connectivity index (χ2n) is 7.27. The molecule has 1 saturated heterocycles. The Labute approximate surface area is 185 Å². The summed E-state index contributed by atoms with van der Waals surface area (Å²) in [4.78, 5) is 8.40. The molecule has 0 bridgehead atoms. The average Bonchev–Trinajstić information content (AvgIpc) is 2.96. The fraction of sp³-hybridized carbons (Fsp3) is 0.300. The normalized spacial score (nSPS) is 14.5. The van der Waals surface area contributed by atoms with Gasteiger partial charge in [-0.05, 0) is 37.4 Å². The summed E-state index contributed by atoms with van der Waals surface area (Å²) in [5.74, 6) is 0.937. The molecule has 2 aromatic carbocycles. The second kappa shape index (κ2) is 9.19. The first-order chi connectivity index (χ1) is 14.5.